The average Bonchev–Trinajstić information content (AvgIpc) is 3.10. The van der Waals surface area contributed by atoms with Crippen LogP contribution in [0.4, 0.5) is 5.69 Å². The van der Waals surface area contributed by atoms with Gasteiger partial charge >= 0.3 is 0 Å². The summed E-state index contributed by atoms with van der Waals surface area (Å²) in [6.45, 7) is 5.10. The summed E-state index contributed by atoms with van der Waals surface area (Å²) in [5.41, 5.74) is 3.83. The third kappa shape index (κ3) is 4.70. The zero-order valence-electron chi connectivity index (χ0n) is 14.2. The Morgan fingerprint density at radius 2 is 2.12 bits per heavy atom. The second-order valence-corrected chi connectivity index (χ2v) is 6.44. The molecular weight excluding hydrogens is 338 g/mol. The van der Waals surface area contributed by atoms with Crippen LogP contribution in [-0.4, -0.2) is 25.5 Å². The van der Waals surface area contributed by atoms with E-state index in [0.717, 1.165) is 22.6 Å². The van der Waals surface area contributed by atoms with Gasteiger partial charge in [-0.05, 0) is 37.6 Å². The van der Waals surface area contributed by atoms with Gasteiger partial charge in [0.05, 0.1) is 23.5 Å². The maximum Gasteiger partial charge on any atom is 0.226 e. The largest absolute Gasteiger partial charge is 0.326 e. The van der Waals surface area contributed by atoms with Crippen LogP contribution in [0.2, 0.25) is 5.02 Å². The van der Waals surface area contributed by atoms with Gasteiger partial charge < -0.3 is 5.32 Å². The molecule has 0 aliphatic carbocycles. The molecule has 0 radical (unpaired) electrons. The first-order valence-electron chi connectivity index (χ1n) is 8.07. The van der Waals surface area contributed by atoms with Crippen molar-refractivity contribution in [2.24, 2.45) is 0 Å². The zero-order chi connectivity index (χ0) is 17.8. The van der Waals surface area contributed by atoms with Crippen LogP contribution in [0.5, 0.6) is 0 Å². The van der Waals surface area contributed by atoms with Crippen molar-refractivity contribution in [3.63, 3.8) is 0 Å². The Kier molecular flexibility index (Phi) is 5.19. The summed E-state index contributed by atoms with van der Waals surface area (Å²) in [7, 11) is 0. The molecule has 0 aliphatic heterocycles. The molecule has 0 saturated heterocycles. The highest BCUT2D eigenvalue weighted by molar-refractivity contribution is 6.30. The third-order valence-corrected chi connectivity index (χ3v) is 4.01. The predicted molar refractivity (Wildman–Crippen MR) is 97.7 cm³/mol. The van der Waals surface area contributed by atoms with Crippen LogP contribution in [0.1, 0.15) is 23.4 Å². The molecule has 0 saturated carbocycles. The first kappa shape index (κ1) is 17.2. The fraction of sp³-hybridized carbons (Fsp3) is 0.278. The molecule has 0 unspecified atom stereocenters. The van der Waals surface area contributed by atoms with Crippen molar-refractivity contribution in [2.75, 3.05) is 5.32 Å². The van der Waals surface area contributed by atoms with Crippen molar-refractivity contribution in [1.29, 1.82) is 0 Å². The van der Waals surface area contributed by atoms with Crippen LogP contribution in [0.25, 0.3) is 0 Å². The number of carbonyl (C=O) groups is 1. The molecular formula is C18H20ClN5O. The Hall–Kier alpha value is -2.60. The number of hydrogen-bond donors (Lipinski definition) is 1. The predicted octanol–water partition coefficient (Wildman–Crippen LogP) is 3.43. The van der Waals surface area contributed by atoms with E-state index in [2.05, 4.69) is 15.5 Å². The standard InChI is InChI=1S/C18H20ClN5O/c1-13-8-14(2)24(22-13)7-6-18(25)21-17-5-3-4-15(9-17)11-23-12-16(19)10-20-23/h3-5,8-10,12H,6-7,11H2,1-2H3,(H,21,25). The molecule has 1 aromatic carbocycles. The van der Waals surface area contributed by atoms with Gasteiger partial charge in [-0.25, -0.2) is 0 Å². The minimum atomic E-state index is -0.0353. The number of aromatic nitrogens is 4. The number of nitrogens with one attached hydrogen (secondary N) is 1. The minimum absolute atomic E-state index is 0.0353. The third-order valence-electron chi connectivity index (χ3n) is 3.81. The van der Waals surface area contributed by atoms with Gasteiger partial charge in [0.1, 0.15) is 0 Å². The Balaban J connectivity index is 1.57. The number of anilines is 1. The van der Waals surface area contributed by atoms with E-state index in [-0.39, 0.29) is 5.91 Å². The number of aryl methyl sites for hydroxylation is 3. The lowest BCUT2D eigenvalue weighted by Crippen LogP contribution is -2.15. The first-order chi connectivity index (χ1) is 12.0. The topological polar surface area (TPSA) is 64.7 Å². The molecule has 7 heteroatoms. The number of amides is 1. The molecule has 0 aliphatic rings. The highest BCUT2D eigenvalue weighted by Gasteiger charge is 2.07. The Labute approximate surface area is 151 Å². The van der Waals surface area contributed by atoms with Crippen LogP contribution in [0, 0.1) is 13.8 Å². The van der Waals surface area contributed by atoms with Gasteiger partial charge in [-0.3, -0.25) is 14.2 Å². The van der Waals surface area contributed by atoms with Crippen LogP contribution in [0.3, 0.4) is 0 Å². The summed E-state index contributed by atoms with van der Waals surface area (Å²) in [5.74, 6) is -0.0353. The lowest BCUT2D eigenvalue weighted by atomic mass is 10.2. The first-order valence-corrected chi connectivity index (χ1v) is 8.45. The summed E-state index contributed by atoms with van der Waals surface area (Å²) in [6, 6.07) is 9.72. The fourth-order valence-corrected chi connectivity index (χ4v) is 2.85. The monoisotopic (exact) mass is 357 g/mol. The highest BCUT2D eigenvalue weighted by Crippen LogP contribution is 2.14. The summed E-state index contributed by atoms with van der Waals surface area (Å²) in [4.78, 5) is 12.2. The Morgan fingerprint density at radius 1 is 1.28 bits per heavy atom. The van der Waals surface area contributed by atoms with Crippen molar-refractivity contribution in [1.82, 2.24) is 19.6 Å². The Bertz CT molecular complexity index is 883. The highest BCUT2D eigenvalue weighted by atomic mass is 35.5. The van der Waals surface area contributed by atoms with Crippen LogP contribution in [-0.2, 0) is 17.9 Å². The van der Waals surface area contributed by atoms with Gasteiger partial charge in [-0.2, -0.15) is 10.2 Å². The molecule has 3 rings (SSSR count). The lowest BCUT2D eigenvalue weighted by Gasteiger charge is -2.08. The van der Waals surface area contributed by atoms with E-state index < -0.39 is 0 Å². The number of carbonyl (C=O) groups excluding carboxylic acids is 1. The summed E-state index contributed by atoms with van der Waals surface area (Å²) < 4.78 is 3.61. The second-order valence-electron chi connectivity index (χ2n) is 6.00. The molecule has 3 aromatic rings. The van der Waals surface area contributed by atoms with Crippen molar-refractivity contribution in [3.05, 3.63) is 64.7 Å². The van der Waals surface area contributed by atoms with E-state index in [1.807, 2.05) is 48.9 Å². The molecule has 1 amide bonds. The number of nitrogens with zero attached hydrogens (tertiary/aromatic N) is 4. The summed E-state index contributed by atoms with van der Waals surface area (Å²) >= 11 is 5.88. The van der Waals surface area contributed by atoms with E-state index in [0.29, 0.717) is 24.5 Å². The number of benzene rings is 1. The van der Waals surface area contributed by atoms with E-state index >= 15 is 0 Å². The molecule has 6 nitrogen and oxygen atoms in total. The van der Waals surface area contributed by atoms with Gasteiger partial charge in [0.25, 0.3) is 0 Å². The average molecular weight is 358 g/mol. The fourth-order valence-electron chi connectivity index (χ4n) is 2.69. The smallest absolute Gasteiger partial charge is 0.226 e. The molecule has 0 atom stereocenters. The normalized spacial score (nSPS) is 10.8. The van der Waals surface area contributed by atoms with Crippen LogP contribution in [0.15, 0.2) is 42.7 Å². The molecule has 25 heavy (non-hydrogen) atoms. The maximum absolute atomic E-state index is 12.2. The van der Waals surface area contributed by atoms with Gasteiger partial charge in [0, 0.05) is 30.5 Å². The van der Waals surface area contributed by atoms with E-state index in [4.69, 9.17) is 11.6 Å². The van der Waals surface area contributed by atoms with Crippen molar-refractivity contribution < 1.29 is 4.79 Å². The SMILES string of the molecule is Cc1cc(C)n(CCC(=O)Nc2cccc(Cn3cc(Cl)cn3)c2)n1. The second kappa shape index (κ2) is 7.53. The quantitative estimate of drug-likeness (QED) is 0.735. The lowest BCUT2D eigenvalue weighted by molar-refractivity contribution is -0.116. The van der Waals surface area contributed by atoms with Crippen molar-refractivity contribution in [3.8, 4) is 0 Å². The van der Waals surface area contributed by atoms with Gasteiger partial charge in [-0.1, -0.05) is 23.7 Å². The molecule has 0 fully saturated rings. The number of hydrogen-bond acceptors (Lipinski definition) is 3. The number of rotatable bonds is 6. The van der Waals surface area contributed by atoms with Crippen LogP contribution < -0.4 is 5.32 Å². The van der Waals surface area contributed by atoms with Gasteiger partial charge in [0.2, 0.25) is 5.91 Å². The van der Waals surface area contributed by atoms with Gasteiger partial charge in [0.15, 0.2) is 0 Å². The number of halogens is 1. The maximum atomic E-state index is 12.2. The minimum Gasteiger partial charge on any atom is -0.326 e. The molecule has 0 bridgehead atoms. The molecule has 1 N–H and O–H groups in total. The molecule has 2 aromatic heterocycles. The molecule has 130 valence electrons. The van der Waals surface area contributed by atoms with E-state index in [9.17, 15) is 4.79 Å². The van der Waals surface area contributed by atoms with Crippen molar-refractivity contribution in [2.45, 2.75) is 33.4 Å². The van der Waals surface area contributed by atoms with Crippen LogP contribution >= 0.6 is 11.6 Å². The van der Waals surface area contributed by atoms with E-state index in [1.165, 1.54) is 0 Å². The summed E-state index contributed by atoms with van der Waals surface area (Å²) in [6.07, 6.45) is 3.74. The molecule has 0 spiro atoms. The summed E-state index contributed by atoms with van der Waals surface area (Å²) in [5, 5.41) is 12.1. The van der Waals surface area contributed by atoms with Gasteiger partial charge in [-0.15, -0.1) is 0 Å². The Morgan fingerprint density at radius 3 is 2.80 bits per heavy atom. The molecule has 2 heterocycles. The zero-order valence-corrected chi connectivity index (χ0v) is 15.0. The van der Waals surface area contributed by atoms with Crippen molar-refractivity contribution >= 4 is 23.2 Å². The van der Waals surface area contributed by atoms with E-state index in [1.54, 1.807) is 17.1 Å².